The van der Waals surface area contributed by atoms with E-state index in [1.54, 1.807) is 13.0 Å². The highest BCUT2D eigenvalue weighted by Gasteiger charge is 2.32. The van der Waals surface area contributed by atoms with Gasteiger partial charge in [0.25, 0.3) is 10.0 Å². The lowest BCUT2D eigenvalue weighted by Crippen LogP contribution is -2.29. The summed E-state index contributed by atoms with van der Waals surface area (Å²) >= 11 is 0. The first-order chi connectivity index (χ1) is 14.3. The maximum Gasteiger partial charge on any atom is 0.264 e. The Kier molecular flexibility index (Phi) is 6.72. The van der Waals surface area contributed by atoms with E-state index in [1.807, 2.05) is 44.2 Å². The van der Waals surface area contributed by atoms with Gasteiger partial charge in [0.2, 0.25) is 5.91 Å². The first-order valence-corrected chi connectivity index (χ1v) is 11.4. The molecule has 0 bridgehead atoms. The van der Waals surface area contributed by atoms with E-state index in [9.17, 15) is 13.2 Å². The Hall–Kier alpha value is -2.93. The molecule has 0 saturated carbocycles. The number of rotatable bonds is 7. The van der Waals surface area contributed by atoms with E-state index in [-0.39, 0.29) is 23.2 Å². The number of nitrogens with one attached hydrogen (secondary N) is 2. The second kappa shape index (κ2) is 9.26. The van der Waals surface area contributed by atoms with Crippen molar-refractivity contribution in [3.8, 4) is 0 Å². The molecule has 0 spiro atoms. The number of sulfonamides is 1. The molecule has 1 amide bonds. The van der Waals surface area contributed by atoms with Gasteiger partial charge in [-0.3, -0.25) is 14.5 Å². The van der Waals surface area contributed by atoms with E-state index in [4.69, 9.17) is 0 Å². The summed E-state index contributed by atoms with van der Waals surface area (Å²) in [7, 11) is -3.70. The van der Waals surface area contributed by atoms with E-state index in [2.05, 4.69) is 27.2 Å². The van der Waals surface area contributed by atoms with Crippen molar-refractivity contribution >= 4 is 26.7 Å². The summed E-state index contributed by atoms with van der Waals surface area (Å²) in [5, 5.41) is 2.83. The van der Waals surface area contributed by atoms with E-state index >= 15 is 0 Å². The fourth-order valence-electron chi connectivity index (χ4n) is 3.34. The van der Waals surface area contributed by atoms with E-state index in [1.165, 1.54) is 5.56 Å². The summed E-state index contributed by atoms with van der Waals surface area (Å²) in [6, 6.07) is 15.6. The maximum absolute atomic E-state index is 12.6. The number of nitrogens with zero attached hydrogens (tertiary/aromatic N) is 1. The van der Waals surface area contributed by atoms with Crippen LogP contribution in [0.2, 0.25) is 0 Å². The van der Waals surface area contributed by atoms with Gasteiger partial charge >= 0.3 is 0 Å². The summed E-state index contributed by atoms with van der Waals surface area (Å²) in [5.74, 6) is -0.00939. The third-order valence-corrected chi connectivity index (χ3v) is 6.69. The van der Waals surface area contributed by atoms with Crippen molar-refractivity contribution in [2.45, 2.75) is 33.6 Å². The molecule has 0 radical (unpaired) electrons. The molecule has 2 aromatic rings. The molecule has 0 saturated heterocycles. The van der Waals surface area contributed by atoms with Gasteiger partial charge in [-0.2, -0.15) is 0 Å². The van der Waals surface area contributed by atoms with E-state index in [0.29, 0.717) is 17.7 Å². The zero-order chi connectivity index (χ0) is 21.7. The number of hydrogen-bond donors (Lipinski definition) is 2. The molecule has 7 heteroatoms. The Morgan fingerprint density at radius 3 is 2.47 bits per heavy atom. The van der Waals surface area contributed by atoms with Gasteiger partial charge in [0, 0.05) is 12.1 Å². The van der Waals surface area contributed by atoms with Crippen LogP contribution in [-0.4, -0.2) is 33.3 Å². The Bertz CT molecular complexity index is 1100. The fourth-order valence-corrected chi connectivity index (χ4v) is 4.85. The van der Waals surface area contributed by atoms with E-state index in [0.717, 1.165) is 24.0 Å². The molecule has 0 fully saturated rings. The van der Waals surface area contributed by atoms with Gasteiger partial charge in [-0.05, 0) is 55.9 Å². The minimum atomic E-state index is -3.70. The van der Waals surface area contributed by atoms with Crippen LogP contribution < -0.4 is 10.0 Å². The lowest BCUT2D eigenvalue weighted by Gasteiger charge is -2.06. The van der Waals surface area contributed by atoms with Crippen LogP contribution in [0.25, 0.3) is 4.91 Å². The zero-order valence-electron chi connectivity index (χ0n) is 17.5. The van der Waals surface area contributed by atoms with Crippen molar-refractivity contribution in [2.75, 3.05) is 13.1 Å². The second-order valence-corrected chi connectivity index (χ2v) is 9.08. The van der Waals surface area contributed by atoms with Crippen molar-refractivity contribution in [1.82, 2.24) is 10.0 Å². The highest BCUT2D eigenvalue weighted by atomic mass is 32.2. The number of aliphatic imine (C=N–C) groups is 1. The SMILES string of the molecule is CC1=C(c2ccc(C)c(C)c2)S(=O)(=O)NC1=NCC(=O)NCCCc1ccccc1. The molecule has 158 valence electrons. The summed E-state index contributed by atoms with van der Waals surface area (Å²) < 4.78 is 27.7. The monoisotopic (exact) mass is 425 g/mol. The molecule has 30 heavy (non-hydrogen) atoms. The third kappa shape index (κ3) is 5.16. The molecule has 0 atom stereocenters. The van der Waals surface area contributed by atoms with Gasteiger partial charge in [-0.15, -0.1) is 0 Å². The van der Waals surface area contributed by atoms with Gasteiger partial charge in [0.15, 0.2) is 0 Å². The molecule has 2 aromatic carbocycles. The standard InChI is InChI=1S/C23H27N3O3S/c1-16-11-12-20(14-17(16)2)22-18(3)23(26-30(22,28)29)25-15-21(27)24-13-7-10-19-8-5-4-6-9-19/h4-6,8-9,11-12,14H,7,10,13,15H2,1-3H3,(H,24,27)(H,25,26). The van der Waals surface area contributed by atoms with Crippen molar-refractivity contribution in [3.63, 3.8) is 0 Å². The molecule has 3 rings (SSSR count). The topological polar surface area (TPSA) is 87.6 Å². The highest BCUT2D eigenvalue weighted by Crippen LogP contribution is 2.30. The number of amides is 1. The third-order valence-electron chi connectivity index (χ3n) is 5.15. The molecule has 1 aliphatic heterocycles. The summed E-state index contributed by atoms with van der Waals surface area (Å²) in [5.41, 5.74) is 4.49. The van der Waals surface area contributed by atoms with Crippen LogP contribution in [0.4, 0.5) is 0 Å². The first-order valence-electron chi connectivity index (χ1n) is 9.94. The van der Waals surface area contributed by atoms with Crippen LogP contribution in [0.15, 0.2) is 59.1 Å². The normalized spacial score (nSPS) is 16.6. The number of aryl methyl sites for hydroxylation is 3. The quantitative estimate of drug-likeness (QED) is 0.668. The predicted molar refractivity (Wildman–Crippen MR) is 121 cm³/mol. The number of hydrogen-bond acceptors (Lipinski definition) is 4. The van der Waals surface area contributed by atoms with Crippen LogP contribution in [0.3, 0.4) is 0 Å². The van der Waals surface area contributed by atoms with Gasteiger partial charge in [0.1, 0.15) is 17.3 Å². The Labute approximate surface area is 178 Å². The smallest absolute Gasteiger partial charge is 0.264 e. The predicted octanol–water partition coefficient (Wildman–Crippen LogP) is 3.11. The molecule has 6 nitrogen and oxygen atoms in total. The molecule has 0 unspecified atom stereocenters. The van der Waals surface area contributed by atoms with Gasteiger partial charge in [-0.25, -0.2) is 8.42 Å². The number of benzene rings is 2. The van der Waals surface area contributed by atoms with Crippen LogP contribution in [0.1, 0.15) is 35.6 Å². The largest absolute Gasteiger partial charge is 0.354 e. The Morgan fingerprint density at radius 1 is 1.03 bits per heavy atom. The zero-order valence-corrected chi connectivity index (χ0v) is 18.3. The van der Waals surface area contributed by atoms with Gasteiger partial charge in [0.05, 0.1) is 0 Å². The summed E-state index contributed by atoms with van der Waals surface area (Å²) in [4.78, 5) is 16.5. The van der Waals surface area contributed by atoms with Crippen molar-refractivity contribution in [2.24, 2.45) is 4.99 Å². The van der Waals surface area contributed by atoms with Crippen molar-refractivity contribution < 1.29 is 13.2 Å². The second-order valence-electron chi connectivity index (χ2n) is 7.46. The maximum atomic E-state index is 12.6. The average Bonchev–Trinajstić information content (AvgIpc) is 2.95. The molecule has 0 aromatic heterocycles. The molecular formula is C23H27N3O3S. The number of carbonyl (C=O) groups is 1. The fraction of sp³-hybridized carbons (Fsp3) is 0.304. The number of amidine groups is 1. The molecular weight excluding hydrogens is 398 g/mol. The molecule has 1 aliphatic rings. The van der Waals surface area contributed by atoms with Crippen molar-refractivity contribution in [3.05, 3.63) is 76.4 Å². The average molecular weight is 426 g/mol. The van der Waals surface area contributed by atoms with Crippen molar-refractivity contribution in [1.29, 1.82) is 0 Å². The minimum absolute atomic E-state index is 0.124. The van der Waals surface area contributed by atoms with Crippen LogP contribution in [-0.2, 0) is 21.2 Å². The van der Waals surface area contributed by atoms with Crippen LogP contribution >= 0.6 is 0 Å². The minimum Gasteiger partial charge on any atom is -0.354 e. The van der Waals surface area contributed by atoms with Gasteiger partial charge in [-0.1, -0.05) is 48.5 Å². The Balaban J connectivity index is 1.62. The van der Waals surface area contributed by atoms with Crippen LogP contribution in [0.5, 0.6) is 0 Å². The highest BCUT2D eigenvalue weighted by molar-refractivity contribution is 8.00. The first kappa shape index (κ1) is 21.8. The number of carbonyl (C=O) groups excluding carboxylic acids is 1. The summed E-state index contributed by atoms with van der Waals surface area (Å²) in [6.07, 6.45) is 1.71. The van der Waals surface area contributed by atoms with Gasteiger partial charge < -0.3 is 5.32 Å². The molecule has 0 aliphatic carbocycles. The lowest BCUT2D eigenvalue weighted by atomic mass is 10.0. The van der Waals surface area contributed by atoms with E-state index < -0.39 is 10.0 Å². The summed E-state index contributed by atoms with van der Waals surface area (Å²) in [6.45, 7) is 6.06. The molecule has 1 heterocycles. The molecule has 2 N–H and O–H groups in total. The lowest BCUT2D eigenvalue weighted by molar-refractivity contribution is -0.119. The van der Waals surface area contributed by atoms with Crippen LogP contribution in [0, 0.1) is 13.8 Å². The Morgan fingerprint density at radius 2 is 1.77 bits per heavy atom.